The van der Waals surface area contributed by atoms with Gasteiger partial charge in [-0.2, -0.15) is 0 Å². The summed E-state index contributed by atoms with van der Waals surface area (Å²) in [6, 6.07) is -0.428. The van der Waals surface area contributed by atoms with Gasteiger partial charge in [-0.25, -0.2) is 0 Å². The van der Waals surface area contributed by atoms with Crippen LogP contribution in [-0.4, -0.2) is 25.3 Å². The van der Waals surface area contributed by atoms with Crippen LogP contribution in [0.1, 0.15) is 89.5 Å². The van der Waals surface area contributed by atoms with Crippen molar-refractivity contribution in [2.24, 2.45) is 5.73 Å². The summed E-state index contributed by atoms with van der Waals surface area (Å²) in [7, 11) is 1.60. The first-order valence-electron chi connectivity index (χ1n) is 8.61. The quantitative estimate of drug-likeness (QED) is 0.732. The lowest BCUT2D eigenvalue weighted by molar-refractivity contribution is -0.120. The average molecular weight is 311 g/mol. The molecule has 0 aromatic heterocycles. The summed E-state index contributed by atoms with van der Waals surface area (Å²) < 4.78 is 0. The topological polar surface area (TPSA) is 72.2 Å². The number of rotatable bonds is 4. The van der Waals surface area contributed by atoms with E-state index in [-0.39, 0.29) is 6.42 Å². The molecule has 0 rings (SSSR count). The molecule has 0 aromatic carbocycles. The highest BCUT2D eigenvalue weighted by atomic mass is 16.1. The van der Waals surface area contributed by atoms with Crippen molar-refractivity contribution in [3.63, 3.8) is 0 Å². The van der Waals surface area contributed by atoms with Gasteiger partial charge in [0, 0.05) is 6.42 Å². The van der Waals surface area contributed by atoms with Gasteiger partial charge >= 0.3 is 0 Å². The molecule has 0 saturated carbocycles. The van der Waals surface area contributed by atoms with E-state index >= 15 is 0 Å². The number of aldehydes is 1. The Labute approximate surface area is 136 Å². The number of carbonyl (C=O) groups is 2. The molecule has 0 aliphatic heterocycles. The molecule has 0 aliphatic rings. The summed E-state index contributed by atoms with van der Waals surface area (Å²) in [6.07, 6.45) is 0.727. The number of amides is 1. The molecule has 4 nitrogen and oxygen atoms in total. The van der Waals surface area contributed by atoms with Gasteiger partial charge in [0.25, 0.3) is 0 Å². The van der Waals surface area contributed by atoms with Gasteiger partial charge in [0.2, 0.25) is 5.91 Å². The molecule has 0 bridgehead atoms. The minimum absolute atomic E-state index is 0.0694. The fourth-order valence-electron chi connectivity index (χ4n) is 0.435. The summed E-state index contributed by atoms with van der Waals surface area (Å²) >= 11 is 0. The summed E-state index contributed by atoms with van der Waals surface area (Å²) in [5.41, 5.74) is 4.81. The number of carbonyl (C=O) groups excluding carboxylic acids is 2. The monoisotopic (exact) mass is 310 g/mol. The number of likely N-dealkylation sites (N-methyl/N-ethyl adjacent to an activating group) is 1. The summed E-state index contributed by atoms with van der Waals surface area (Å²) in [6.45, 7) is 24.0. The van der Waals surface area contributed by atoms with Crippen molar-refractivity contribution in [3.05, 3.63) is 0 Å². The molecule has 0 fully saturated rings. The third-order valence-corrected chi connectivity index (χ3v) is 0.956. The molecule has 21 heavy (non-hydrogen) atoms. The average Bonchev–Trinajstić information content (AvgIpc) is 2.63. The molecule has 3 N–H and O–H groups in total. The molecule has 0 saturated heterocycles. The van der Waals surface area contributed by atoms with Crippen LogP contribution in [0.15, 0.2) is 0 Å². The fourth-order valence-corrected chi connectivity index (χ4v) is 0.435. The maximum absolute atomic E-state index is 10.2. The number of nitrogens with two attached hydrogens (primary N) is 1. The Morgan fingerprint density at radius 1 is 0.857 bits per heavy atom. The standard InChI is InChI=1S/C5H10N2O2.6C2H6/c1-7-4(3-8)2-5(6)9;6*1-2/h3-4,7H,2H2,1H3,(H2,6,9);6*1-2H3/t4-;;;;;;/m0....../s1. The van der Waals surface area contributed by atoms with Crippen molar-refractivity contribution in [1.82, 2.24) is 5.32 Å². The molecule has 1 amide bonds. The van der Waals surface area contributed by atoms with E-state index in [0.717, 1.165) is 0 Å². The van der Waals surface area contributed by atoms with Crippen LogP contribution in [0.5, 0.6) is 0 Å². The van der Waals surface area contributed by atoms with Crippen molar-refractivity contribution in [1.29, 1.82) is 0 Å². The van der Waals surface area contributed by atoms with E-state index in [0.29, 0.717) is 6.29 Å². The lowest BCUT2D eigenvalue weighted by Gasteiger charge is -2.03. The Bertz CT molecular complexity index is 119. The van der Waals surface area contributed by atoms with Gasteiger partial charge in [0.1, 0.15) is 6.29 Å². The first-order chi connectivity index (χ1) is 10.2. The van der Waals surface area contributed by atoms with Gasteiger partial charge in [-0.15, -0.1) is 0 Å². The SMILES string of the molecule is CC.CC.CC.CC.CC.CC.CN[C@H](C=O)CC(N)=O. The Balaban J connectivity index is -0.0000000275. The number of nitrogens with one attached hydrogen (secondary N) is 1. The molecule has 0 unspecified atom stereocenters. The number of hydrogen-bond donors (Lipinski definition) is 2. The lowest BCUT2D eigenvalue weighted by atomic mass is 10.2. The lowest BCUT2D eigenvalue weighted by Crippen LogP contribution is -2.31. The number of hydrogen-bond acceptors (Lipinski definition) is 3. The maximum Gasteiger partial charge on any atom is 0.219 e. The number of primary amides is 1. The van der Waals surface area contributed by atoms with Gasteiger partial charge in [0.05, 0.1) is 6.04 Å². The predicted octanol–water partition coefficient (Wildman–Crippen LogP) is 4.81. The largest absolute Gasteiger partial charge is 0.370 e. The van der Waals surface area contributed by atoms with Crippen molar-refractivity contribution in [2.45, 2.75) is 95.5 Å². The Hall–Kier alpha value is -0.900. The predicted molar refractivity (Wildman–Crippen MR) is 101 cm³/mol. The van der Waals surface area contributed by atoms with Crippen LogP contribution in [0.25, 0.3) is 0 Å². The molecule has 0 radical (unpaired) electrons. The van der Waals surface area contributed by atoms with Crippen LogP contribution in [0, 0.1) is 0 Å². The first-order valence-corrected chi connectivity index (χ1v) is 8.61. The second-order valence-corrected chi connectivity index (χ2v) is 1.70. The Morgan fingerprint density at radius 3 is 1.14 bits per heavy atom. The summed E-state index contributed by atoms with van der Waals surface area (Å²) in [5, 5.41) is 2.61. The molecule has 0 heterocycles. The van der Waals surface area contributed by atoms with Crippen LogP contribution in [0.2, 0.25) is 0 Å². The molecule has 0 aliphatic carbocycles. The van der Waals surface area contributed by atoms with Gasteiger partial charge in [-0.05, 0) is 7.05 Å². The third-order valence-electron chi connectivity index (χ3n) is 0.956. The molecular weight excluding hydrogens is 264 g/mol. The van der Waals surface area contributed by atoms with Gasteiger partial charge < -0.3 is 15.8 Å². The molecule has 136 valence electrons. The van der Waals surface area contributed by atoms with Crippen LogP contribution >= 0.6 is 0 Å². The highest BCUT2D eigenvalue weighted by Gasteiger charge is 2.05. The second-order valence-electron chi connectivity index (χ2n) is 1.70. The maximum atomic E-state index is 10.2. The van der Waals surface area contributed by atoms with Crippen LogP contribution in [0.3, 0.4) is 0 Å². The first kappa shape index (κ1) is 42.7. The highest BCUT2D eigenvalue weighted by Crippen LogP contribution is 1.82. The van der Waals surface area contributed by atoms with E-state index in [1.54, 1.807) is 7.05 Å². The van der Waals surface area contributed by atoms with Crippen LogP contribution < -0.4 is 11.1 Å². The fraction of sp³-hybridized carbons (Fsp3) is 0.882. The molecular formula is C17H46N2O2. The van der Waals surface area contributed by atoms with E-state index in [2.05, 4.69) is 5.32 Å². The molecule has 4 heteroatoms. The molecule has 1 atom stereocenters. The Kier molecular flexibility index (Phi) is 194. The van der Waals surface area contributed by atoms with E-state index < -0.39 is 11.9 Å². The van der Waals surface area contributed by atoms with Gasteiger partial charge in [-0.1, -0.05) is 83.1 Å². The smallest absolute Gasteiger partial charge is 0.219 e. The van der Waals surface area contributed by atoms with Crippen molar-refractivity contribution in [2.75, 3.05) is 7.05 Å². The van der Waals surface area contributed by atoms with Crippen molar-refractivity contribution >= 4 is 12.2 Å². The van der Waals surface area contributed by atoms with Gasteiger partial charge in [0.15, 0.2) is 0 Å². The van der Waals surface area contributed by atoms with E-state index in [4.69, 9.17) is 5.73 Å². The van der Waals surface area contributed by atoms with E-state index in [9.17, 15) is 9.59 Å². The summed E-state index contributed by atoms with van der Waals surface area (Å²) in [5.74, 6) is -0.471. The van der Waals surface area contributed by atoms with Crippen molar-refractivity contribution < 1.29 is 9.59 Å². The van der Waals surface area contributed by atoms with E-state index in [1.807, 2.05) is 83.1 Å². The zero-order chi connectivity index (χ0) is 19.3. The second kappa shape index (κ2) is 95.4. The van der Waals surface area contributed by atoms with Crippen LogP contribution in [0.4, 0.5) is 0 Å². The van der Waals surface area contributed by atoms with E-state index in [1.165, 1.54) is 0 Å². The van der Waals surface area contributed by atoms with Crippen LogP contribution in [-0.2, 0) is 9.59 Å². The third kappa shape index (κ3) is 111. The molecule has 0 spiro atoms. The normalized spacial score (nSPS) is 7.10. The summed E-state index contributed by atoms with van der Waals surface area (Å²) in [4.78, 5) is 20.2. The Morgan fingerprint density at radius 2 is 1.10 bits per heavy atom. The molecule has 0 aromatic rings. The van der Waals surface area contributed by atoms with Gasteiger partial charge in [-0.3, -0.25) is 4.79 Å². The minimum Gasteiger partial charge on any atom is -0.370 e. The zero-order valence-corrected chi connectivity index (χ0v) is 17.3. The van der Waals surface area contributed by atoms with Crippen molar-refractivity contribution in [3.8, 4) is 0 Å². The highest BCUT2D eigenvalue weighted by molar-refractivity contribution is 5.78. The zero-order valence-electron chi connectivity index (χ0n) is 17.3. The minimum atomic E-state index is -0.471.